The number of amides is 1. The summed E-state index contributed by atoms with van der Waals surface area (Å²) < 4.78 is 27.5. The maximum absolute atomic E-state index is 13.0. The van der Waals surface area contributed by atoms with Gasteiger partial charge in [0.15, 0.2) is 0 Å². The van der Waals surface area contributed by atoms with Crippen LogP contribution in [0.5, 0.6) is 0 Å². The van der Waals surface area contributed by atoms with Crippen molar-refractivity contribution in [3.05, 3.63) is 28.8 Å². The van der Waals surface area contributed by atoms with E-state index in [9.17, 15) is 13.2 Å². The Labute approximate surface area is 161 Å². The van der Waals surface area contributed by atoms with Crippen LogP contribution in [0.1, 0.15) is 68.1 Å². The Kier molecular flexibility index (Phi) is 6.59. The normalized spacial score (nSPS) is 20.5. The van der Waals surface area contributed by atoms with Crippen molar-refractivity contribution in [2.45, 2.75) is 68.7 Å². The number of hydrogen-bond donors (Lipinski definition) is 1. The fraction of sp³-hybridized carbons (Fsp3) is 0.632. The molecular formula is C19H27ClN2O3S. The molecule has 144 valence electrons. The molecule has 0 atom stereocenters. The zero-order valence-corrected chi connectivity index (χ0v) is 16.6. The third-order valence-electron chi connectivity index (χ3n) is 5.33. The highest BCUT2D eigenvalue weighted by atomic mass is 35.5. The molecule has 1 amide bonds. The highest BCUT2D eigenvalue weighted by molar-refractivity contribution is 7.89. The number of carbonyl (C=O) groups excluding carboxylic acids is 1. The fourth-order valence-electron chi connectivity index (χ4n) is 3.78. The molecule has 1 saturated heterocycles. The van der Waals surface area contributed by atoms with Gasteiger partial charge < -0.3 is 5.32 Å². The second kappa shape index (κ2) is 8.72. The molecule has 0 aromatic heterocycles. The van der Waals surface area contributed by atoms with Crippen LogP contribution in [0.25, 0.3) is 0 Å². The van der Waals surface area contributed by atoms with Crippen molar-refractivity contribution in [1.29, 1.82) is 0 Å². The van der Waals surface area contributed by atoms with Gasteiger partial charge in [-0.3, -0.25) is 4.79 Å². The molecule has 1 heterocycles. The summed E-state index contributed by atoms with van der Waals surface area (Å²) in [6, 6.07) is 4.60. The van der Waals surface area contributed by atoms with Gasteiger partial charge in [0.1, 0.15) is 0 Å². The quantitative estimate of drug-likeness (QED) is 0.834. The first-order valence-electron chi connectivity index (χ1n) is 9.59. The molecule has 2 aliphatic rings. The average Bonchev–Trinajstić information content (AvgIpc) is 2.92. The van der Waals surface area contributed by atoms with Crippen LogP contribution in [-0.4, -0.2) is 37.8 Å². The number of rotatable bonds is 4. The number of hydrogen-bond acceptors (Lipinski definition) is 3. The predicted molar refractivity (Wildman–Crippen MR) is 103 cm³/mol. The van der Waals surface area contributed by atoms with Crippen LogP contribution >= 0.6 is 11.6 Å². The molecule has 1 aromatic rings. The maximum atomic E-state index is 13.0. The minimum absolute atomic E-state index is 0.151. The van der Waals surface area contributed by atoms with Crippen molar-refractivity contribution < 1.29 is 13.2 Å². The van der Waals surface area contributed by atoms with Crippen molar-refractivity contribution in [3.8, 4) is 0 Å². The van der Waals surface area contributed by atoms with Gasteiger partial charge in [0.25, 0.3) is 5.91 Å². The van der Waals surface area contributed by atoms with E-state index >= 15 is 0 Å². The van der Waals surface area contributed by atoms with Crippen LogP contribution in [-0.2, 0) is 10.0 Å². The Bertz CT molecular complexity index is 737. The molecule has 1 aromatic carbocycles. The number of nitrogens with zero attached hydrogens (tertiary/aromatic N) is 1. The van der Waals surface area contributed by atoms with Gasteiger partial charge in [-0.1, -0.05) is 43.7 Å². The van der Waals surface area contributed by atoms with Crippen LogP contribution in [0.2, 0.25) is 5.02 Å². The van der Waals surface area contributed by atoms with Crippen molar-refractivity contribution in [2.24, 2.45) is 0 Å². The lowest BCUT2D eigenvalue weighted by Crippen LogP contribution is -2.36. The fourth-order valence-corrected chi connectivity index (χ4v) is 5.53. The van der Waals surface area contributed by atoms with Crippen molar-refractivity contribution >= 4 is 27.5 Å². The number of sulfonamides is 1. The second-order valence-corrected chi connectivity index (χ2v) is 9.61. The molecule has 3 rings (SSSR count). The summed E-state index contributed by atoms with van der Waals surface area (Å²) in [7, 11) is -3.60. The molecular weight excluding hydrogens is 372 g/mol. The van der Waals surface area contributed by atoms with E-state index in [1.807, 2.05) is 0 Å². The molecule has 1 aliphatic carbocycles. The predicted octanol–water partition coefficient (Wildman–Crippen LogP) is 3.97. The molecule has 1 saturated carbocycles. The summed E-state index contributed by atoms with van der Waals surface area (Å²) in [6.45, 7) is 1.07. The minimum Gasteiger partial charge on any atom is -0.349 e. The van der Waals surface area contributed by atoms with Gasteiger partial charge in [-0.15, -0.1) is 0 Å². The van der Waals surface area contributed by atoms with Gasteiger partial charge in [-0.05, 0) is 43.9 Å². The third kappa shape index (κ3) is 4.59. The minimum atomic E-state index is -3.60. The van der Waals surface area contributed by atoms with E-state index in [-0.39, 0.29) is 27.4 Å². The number of benzene rings is 1. The van der Waals surface area contributed by atoms with E-state index in [1.54, 1.807) is 0 Å². The summed E-state index contributed by atoms with van der Waals surface area (Å²) in [6.07, 6.45) is 9.23. The lowest BCUT2D eigenvalue weighted by atomic mass is 9.95. The highest BCUT2D eigenvalue weighted by Gasteiger charge is 2.27. The molecule has 0 radical (unpaired) electrons. The van der Waals surface area contributed by atoms with E-state index in [2.05, 4.69) is 5.32 Å². The molecule has 1 N–H and O–H groups in total. The van der Waals surface area contributed by atoms with E-state index in [1.165, 1.54) is 28.9 Å². The van der Waals surface area contributed by atoms with Crippen LogP contribution in [0.3, 0.4) is 0 Å². The highest BCUT2D eigenvalue weighted by Crippen LogP contribution is 2.26. The van der Waals surface area contributed by atoms with Gasteiger partial charge in [0, 0.05) is 19.1 Å². The number of halogens is 1. The Morgan fingerprint density at radius 2 is 1.62 bits per heavy atom. The molecule has 0 bridgehead atoms. The first kappa shape index (κ1) is 19.6. The van der Waals surface area contributed by atoms with Crippen LogP contribution in [0, 0.1) is 0 Å². The summed E-state index contributed by atoms with van der Waals surface area (Å²) in [4.78, 5) is 12.8. The van der Waals surface area contributed by atoms with Gasteiger partial charge in [0.2, 0.25) is 10.0 Å². The van der Waals surface area contributed by atoms with E-state index < -0.39 is 10.0 Å². The molecule has 1 aliphatic heterocycles. The number of nitrogens with one attached hydrogen (secondary N) is 1. The van der Waals surface area contributed by atoms with Gasteiger partial charge in [-0.2, -0.15) is 4.31 Å². The summed E-state index contributed by atoms with van der Waals surface area (Å²) in [5.74, 6) is -0.283. The van der Waals surface area contributed by atoms with Gasteiger partial charge in [-0.25, -0.2) is 8.42 Å². The topological polar surface area (TPSA) is 66.5 Å². The SMILES string of the molecule is O=C(NC1CCCCC1)c1cc(S(=O)(=O)N2CCCCCC2)ccc1Cl. The Balaban J connectivity index is 1.80. The van der Waals surface area contributed by atoms with Gasteiger partial charge in [0.05, 0.1) is 15.5 Å². The average molecular weight is 399 g/mol. The van der Waals surface area contributed by atoms with Crippen molar-refractivity contribution in [2.75, 3.05) is 13.1 Å². The maximum Gasteiger partial charge on any atom is 0.253 e. The Hall–Kier alpha value is -1.11. The monoisotopic (exact) mass is 398 g/mol. The molecule has 0 unspecified atom stereocenters. The van der Waals surface area contributed by atoms with E-state index in [0.29, 0.717) is 13.1 Å². The lowest BCUT2D eigenvalue weighted by Gasteiger charge is -2.23. The largest absolute Gasteiger partial charge is 0.349 e. The van der Waals surface area contributed by atoms with Gasteiger partial charge >= 0.3 is 0 Å². The Morgan fingerprint density at radius 1 is 1.00 bits per heavy atom. The lowest BCUT2D eigenvalue weighted by molar-refractivity contribution is 0.0927. The second-order valence-electron chi connectivity index (χ2n) is 7.27. The van der Waals surface area contributed by atoms with E-state index in [4.69, 9.17) is 11.6 Å². The molecule has 26 heavy (non-hydrogen) atoms. The van der Waals surface area contributed by atoms with Crippen LogP contribution in [0.4, 0.5) is 0 Å². The van der Waals surface area contributed by atoms with Crippen molar-refractivity contribution in [1.82, 2.24) is 9.62 Å². The third-order valence-corrected chi connectivity index (χ3v) is 7.55. The summed E-state index contributed by atoms with van der Waals surface area (Å²) in [5.41, 5.74) is 0.244. The molecule has 2 fully saturated rings. The zero-order valence-electron chi connectivity index (χ0n) is 15.0. The Morgan fingerprint density at radius 3 is 2.27 bits per heavy atom. The van der Waals surface area contributed by atoms with Crippen LogP contribution in [0.15, 0.2) is 23.1 Å². The molecule has 0 spiro atoms. The summed E-state index contributed by atoms with van der Waals surface area (Å²) in [5, 5.41) is 3.30. The molecule has 5 nitrogen and oxygen atoms in total. The first-order valence-corrected chi connectivity index (χ1v) is 11.4. The summed E-state index contributed by atoms with van der Waals surface area (Å²) >= 11 is 6.20. The number of carbonyl (C=O) groups is 1. The zero-order chi connectivity index (χ0) is 18.6. The standard InChI is InChI=1S/C19H27ClN2O3S/c20-18-11-10-16(26(24,25)22-12-6-1-2-7-13-22)14-17(18)19(23)21-15-8-4-3-5-9-15/h10-11,14-15H,1-9,12-13H2,(H,21,23). The first-order chi connectivity index (χ1) is 12.5. The van der Waals surface area contributed by atoms with E-state index in [0.717, 1.165) is 51.4 Å². The van der Waals surface area contributed by atoms with Crippen molar-refractivity contribution in [3.63, 3.8) is 0 Å². The van der Waals surface area contributed by atoms with Crippen LogP contribution < -0.4 is 5.32 Å². The molecule has 7 heteroatoms. The smallest absolute Gasteiger partial charge is 0.253 e.